The number of hydrogen-bond acceptors (Lipinski definition) is 6. The Morgan fingerprint density at radius 3 is 2.00 bits per heavy atom. The minimum absolute atomic E-state index is 0.0439. The molecular weight excluding hydrogens is 374 g/mol. The van der Waals surface area contributed by atoms with Gasteiger partial charge in [0.1, 0.15) is 0 Å². The molecule has 29 heavy (non-hydrogen) atoms. The summed E-state index contributed by atoms with van der Waals surface area (Å²) in [4.78, 5) is 24.8. The molecule has 1 atom stereocenters. The van der Waals surface area contributed by atoms with Crippen molar-refractivity contribution in [3.63, 3.8) is 0 Å². The van der Waals surface area contributed by atoms with Gasteiger partial charge in [0.05, 0.1) is 27.8 Å². The number of rotatable bonds is 8. The van der Waals surface area contributed by atoms with Crippen molar-refractivity contribution in [2.24, 2.45) is 0 Å². The monoisotopic (exact) mass is 401 g/mol. The maximum atomic E-state index is 12.4. The zero-order valence-electron chi connectivity index (χ0n) is 17.6. The number of esters is 1. The van der Waals surface area contributed by atoms with Crippen LogP contribution in [0.1, 0.15) is 23.6 Å². The molecule has 0 aliphatic rings. The van der Waals surface area contributed by atoms with Crippen LogP contribution in [0, 0.1) is 13.8 Å². The van der Waals surface area contributed by atoms with Gasteiger partial charge in [-0.25, -0.2) is 0 Å². The summed E-state index contributed by atoms with van der Waals surface area (Å²) in [6.45, 7) is 5.35. The highest BCUT2D eigenvalue weighted by molar-refractivity contribution is 5.96. The summed E-state index contributed by atoms with van der Waals surface area (Å²) in [5.41, 5.74) is 3.22. The van der Waals surface area contributed by atoms with Gasteiger partial charge < -0.3 is 24.3 Å². The Morgan fingerprint density at radius 1 is 0.966 bits per heavy atom. The molecule has 156 valence electrons. The molecule has 2 rings (SSSR count). The molecule has 7 nitrogen and oxygen atoms in total. The van der Waals surface area contributed by atoms with Gasteiger partial charge in [-0.05, 0) is 49.6 Å². The maximum Gasteiger partial charge on any atom is 0.311 e. The second-order valence-electron chi connectivity index (χ2n) is 6.60. The summed E-state index contributed by atoms with van der Waals surface area (Å²) in [7, 11) is 4.50. The van der Waals surface area contributed by atoms with Gasteiger partial charge in [0, 0.05) is 5.69 Å². The molecule has 0 bridgehead atoms. The largest absolute Gasteiger partial charge is 0.493 e. The van der Waals surface area contributed by atoms with Crippen LogP contribution in [0.5, 0.6) is 17.2 Å². The van der Waals surface area contributed by atoms with Gasteiger partial charge in [0.25, 0.3) is 5.91 Å². The summed E-state index contributed by atoms with van der Waals surface area (Å²) in [6.07, 6.45) is -0.985. The highest BCUT2D eigenvalue weighted by atomic mass is 16.5. The van der Waals surface area contributed by atoms with Crippen LogP contribution in [0.25, 0.3) is 0 Å². The van der Waals surface area contributed by atoms with Crippen LogP contribution < -0.4 is 19.5 Å². The van der Waals surface area contributed by atoms with E-state index in [1.165, 1.54) is 28.3 Å². The molecule has 0 heterocycles. The average Bonchev–Trinajstić information content (AvgIpc) is 2.69. The minimum Gasteiger partial charge on any atom is -0.493 e. The lowest BCUT2D eigenvalue weighted by molar-refractivity contribution is -0.152. The number of anilines is 1. The molecular formula is C22H27NO6. The topological polar surface area (TPSA) is 83.1 Å². The van der Waals surface area contributed by atoms with Crippen LogP contribution in [0.3, 0.4) is 0 Å². The molecule has 2 aromatic carbocycles. The Morgan fingerprint density at radius 2 is 1.52 bits per heavy atom. The standard InChI is InChI=1S/C22H27NO6/c1-13-8-7-9-14(2)20(13)23-22(25)15(3)29-19(24)12-16-10-17(26-4)21(28-6)18(11-16)27-5/h7-11,15H,12H2,1-6H3,(H,23,25)/t15-/m0/s1. The number of carbonyl (C=O) groups is 2. The number of para-hydroxylation sites is 1. The lowest BCUT2D eigenvalue weighted by Gasteiger charge is -2.17. The third-order valence-corrected chi connectivity index (χ3v) is 4.48. The van der Waals surface area contributed by atoms with E-state index in [2.05, 4.69) is 5.32 Å². The van der Waals surface area contributed by atoms with Crippen molar-refractivity contribution in [1.82, 2.24) is 0 Å². The first-order chi connectivity index (χ1) is 13.8. The van der Waals surface area contributed by atoms with Gasteiger partial charge in [-0.1, -0.05) is 18.2 Å². The Labute approximate surface area is 170 Å². The van der Waals surface area contributed by atoms with E-state index in [1.807, 2.05) is 32.0 Å². The summed E-state index contributed by atoms with van der Waals surface area (Å²) in [6, 6.07) is 9.07. The second-order valence-corrected chi connectivity index (χ2v) is 6.60. The third kappa shape index (κ3) is 5.40. The average molecular weight is 401 g/mol. The number of aryl methyl sites for hydroxylation is 2. The lowest BCUT2D eigenvalue weighted by Crippen LogP contribution is -2.31. The van der Waals surface area contributed by atoms with Crippen LogP contribution in [0.15, 0.2) is 30.3 Å². The molecule has 0 saturated heterocycles. The van der Waals surface area contributed by atoms with Crippen molar-refractivity contribution in [2.45, 2.75) is 33.3 Å². The van der Waals surface area contributed by atoms with Crippen LogP contribution in [-0.2, 0) is 20.7 Å². The number of methoxy groups -OCH3 is 3. The van der Waals surface area contributed by atoms with Crippen LogP contribution >= 0.6 is 0 Å². The van der Waals surface area contributed by atoms with Crippen molar-refractivity contribution in [2.75, 3.05) is 26.6 Å². The molecule has 7 heteroatoms. The summed E-state index contributed by atoms with van der Waals surface area (Å²) in [5, 5.41) is 2.83. The first kappa shape index (κ1) is 22.1. The van der Waals surface area contributed by atoms with Crippen molar-refractivity contribution in [3.8, 4) is 17.2 Å². The highest BCUT2D eigenvalue weighted by Crippen LogP contribution is 2.38. The number of hydrogen-bond donors (Lipinski definition) is 1. The van der Waals surface area contributed by atoms with E-state index in [4.69, 9.17) is 18.9 Å². The van der Waals surface area contributed by atoms with Crippen molar-refractivity contribution in [3.05, 3.63) is 47.0 Å². The SMILES string of the molecule is COc1cc(CC(=O)O[C@@H](C)C(=O)Nc2c(C)cccc2C)cc(OC)c1OC. The van der Waals surface area contributed by atoms with Gasteiger partial charge in [-0.15, -0.1) is 0 Å². The Hall–Kier alpha value is -3.22. The third-order valence-electron chi connectivity index (χ3n) is 4.48. The van der Waals surface area contributed by atoms with Crippen molar-refractivity contribution < 1.29 is 28.5 Å². The number of ether oxygens (including phenoxy) is 4. The van der Waals surface area contributed by atoms with E-state index in [0.29, 0.717) is 22.8 Å². The van der Waals surface area contributed by atoms with Gasteiger partial charge >= 0.3 is 5.97 Å². The summed E-state index contributed by atoms with van der Waals surface area (Å²) in [5.74, 6) is 0.392. The molecule has 0 spiro atoms. The first-order valence-corrected chi connectivity index (χ1v) is 9.16. The van der Waals surface area contributed by atoms with Gasteiger partial charge in [-0.3, -0.25) is 9.59 Å². The van der Waals surface area contributed by atoms with E-state index in [0.717, 1.165) is 16.8 Å². The van der Waals surface area contributed by atoms with Gasteiger partial charge in [0.2, 0.25) is 5.75 Å². The van der Waals surface area contributed by atoms with E-state index < -0.39 is 12.1 Å². The fraction of sp³-hybridized carbons (Fsp3) is 0.364. The van der Waals surface area contributed by atoms with Gasteiger partial charge in [0.15, 0.2) is 17.6 Å². The zero-order valence-corrected chi connectivity index (χ0v) is 17.6. The Balaban J connectivity index is 2.06. The maximum absolute atomic E-state index is 12.4. The first-order valence-electron chi connectivity index (χ1n) is 9.16. The molecule has 1 amide bonds. The quantitative estimate of drug-likeness (QED) is 0.683. The van der Waals surface area contributed by atoms with Crippen LogP contribution in [0.2, 0.25) is 0 Å². The van der Waals surface area contributed by atoms with Crippen molar-refractivity contribution >= 4 is 17.6 Å². The molecule has 0 fully saturated rings. The summed E-state index contributed by atoms with van der Waals surface area (Å²) < 4.78 is 21.2. The zero-order chi connectivity index (χ0) is 21.6. The van der Waals surface area contributed by atoms with Crippen molar-refractivity contribution in [1.29, 1.82) is 0 Å². The molecule has 2 aromatic rings. The Bertz CT molecular complexity index is 848. The predicted molar refractivity (Wildman–Crippen MR) is 110 cm³/mol. The van der Waals surface area contributed by atoms with E-state index in [9.17, 15) is 9.59 Å². The fourth-order valence-electron chi connectivity index (χ4n) is 2.93. The Kier molecular flexibility index (Phi) is 7.47. The lowest BCUT2D eigenvalue weighted by atomic mass is 10.1. The van der Waals surface area contributed by atoms with Gasteiger partial charge in [-0.2, -0.15) is 0 Å². The number of benzene rings is 2. The second kappa shape index (κ2) is 9.82. The normalized spacial score (nSPS) is 11.4. The number of amides is 1. The number of carbonyl (C=O) groups excluding carboxylic acids is 2. The highest BCUT2D eigenvalue weighted by Gasteiger charge is 2.21. The molecule has 0 aromatic heterocycles. The van der Waals surface area contributed by atoms with E-state index in [-0.39, 0.29) is 12.3 Å². The van der Waals surface area contributed by atoms with Crippen LogP contribution in [-0.4, -0.2) is 39.3 Å². The smallest absolute Gasteiger partial charge is 0.311 e. The fourth-order valence-corrected chi connectivity index (χ4v) is 2.93. The van der Waals surface area contributed by atoms with Crippen LogP contribution in [0.4, 0.5) is 5.69 Å². The molecule has 1 N–H and O–H groups in total. The number of nitrogens with one attached hydrogen (secondary N) is 1. The molecule has 0 radical (unpaired) electrons. The minimum atomic E-state index is -0.941. The van der Waals surface area contributed by atoms with E-state index >= 15 is 0 Å². The predicted octanol–water partition coefficient (Wildman–Crippen LogP) is 3.44. The van der Waals surface area contributed by atoms with E-state index in [1.54, 1.807) is 12.1 Å². The molecule has 0 saturated carbocycles. The molecule has 0 unspecified atom stereocenters. The molecule has 0 aliphatic carbocycles. The summed E-state index contributed by atoms with van der Waals surface area (Å²) >= 11 is 0. The molecule has 0 aliphatic heterocycles.